The fourth-order valence-electron chi connectivity index (χ4n) is 7.84. The molecule has 2 aromatic rings. The van der Waals surface area contributed by atoms with Crippen LogP contribution in [0.4, 0.5) is 0 Å². The SMILES string of the molecule is C#Cc1cc(C#C)cc(C23CC4CC(c5cc(C#C)cc(C#C)c5)(C2)CC(C)(C3)C4C)c1. The second kappa shape index (κ2) is 6.84. The summed E-state index contributed by atoms with van der Waals surface area (Å²) in [5.41, 5.74) is 6.54. The van der Waals surface area contributed by atoms with Crippen molar-refractivity contribution in [3.8, 4) is 49.4 Å². The lowest BCUT2D eigenvalue weighted by molar-refractivity contribution is -0.123. The van der Waals surface area contributed by atoms with E-state index in [1.54, 1.807) is 0 Å². The molecule has 4 fully saturated rings. The van der Waals surface area contributed by atoms with Gasteiger partial charge in [-0.15, -0.1) is 25.7 Å². The molecule has 4 saturated carbocycles. The summed E-state index contributed by atoms with van der Waals surface area (Å²) in [4.78, 5) is 0. The van der Waals surface area contributed by atoms with Crippen molar-refractivity contribution in [2.45, 2.75) is 56.8 Å². The molecule has 0 nitrogen and oxygen atoms in total. The predicted molar refractivity (Wildman–Crippen MR) is 132 cm³/mol. The average molecular weight is 413 g/mol. The highest BCUT2D eigenvalue weighted by Crippen LogP contribution is 2.72. The third-order valence-electron chi connectivity index (χ3n) is 9.03. The van der Waals surface area contributed by atoms with Gasteiger partial charge in [-0.25, -0.2) is 0 Å². The van der Waals surface area contributed by atoms with Crippen LogP contribution in [0, 0.1) is 66.6 Å². The van der Waals surface area contributed by atoms with E-state index in [0.29, 0.717) is 11.8 Å². The quantitative estimate of drug-likeness (QED) is 0.528. The molecule has 0 amide bonds. The molecule has 0 saturated heterocycles. The van der Waals surface area contributed by atoms with Crippen molar-refractivity contribution < 1.29 is 0 Å². The van der Waals surface area contributed by atoms with Crippen LogP contribution in [0.2, 0.25) is 0 Å². The van der Waals surface area contributed by atoms with E-state index in [1.807, 2.05) is 12.1 Å². The molecule has 0 aromatic heterocycles. The third-order valence-corrected chi connectivity index (χ3v) is 9.03. The second-order valence-electron chi connectivity index (χ2n) is 10.9. The molecule has 0 spiro atoms. The first kappa shape index (κ1) is 20.6. The highest BCUT2D eigenvalue weighted by molar-refractivity contribution is 5.52. The van der Waals surface area contributed by atoms with Gasteiger partial charge in [-0.05, 0) is 108 Å². The highest BCUT2D eigenvalue weighted by atomic mass is 14.7. The summed E-state index contributed by atoms with van der Waals surface area (Å²) < 4.78 is 0. The smallest absolute Gasteiger partial charge is 0.0257 e. The summed E-state index contributed by atoms with van der Waals surface area (Å²) in [7, 11) is 0. The van der Waals surface area contributed by atoms with Crippen molar-refractivity contribution in [1.82, 2.24) is 0 Å². The van der Waals surface area contributed by atoms with Gasteiger partial charge >= 0.3 is 0 Å². The van der Waals surface area contributed by atoms with Gasteiger partial charge in [0.2, 0.25) is 0 Å². The van der Waals surface area contributed by atoms with Gasteiger partial charge in [0.1, 0.15) is 0 Å². The average Bonchev–Trinajstić information content (AvgIpc) is 2.81. The van der Waals surface area contributed by atoms with Gasteiger partial charge in [0, 0.05) is 22.3 Å². The zero-order valence-corrected chi connectivity index (χ0v) is 19.0. The van der Waals surface area contributed by atoms with E-state index in [9.17, 15) is 0 Å². The molecule has 32 heavy (non-hydrogen) atoms. The maximum absolute atomic E-state index is 5.81. The molecule has 4 bridgehead atoms. The molecule has 156 valence electrons. The molecule has 0 radical (unpaired) electrons. The third kappa shape index (κ3) is 2.84. The van der Waals surface area contributed by atoms with Crippen molar-refractivity contribution in [2.24, 2.45) is 17.3 Å². The van der Waals surface area contributed by atoms with Gasteiger partial charge < -0.3 is 0 Å². The van der Waals surface area contributed by atoms with Crippen LogP contribution in [-0.2, 0) is 10.8 Å². The summed E-state index contributed by atoms with van der Waals surface area (Å²) in [6.07, 6.45) is 29.1. The maximum atomic E-state index is 5.81. The lowest BCUT2D eigenvalue weighted by Crippen LogP contribution is -2.62. The Bertz CT molecular complexity index is 1140. The van der Waals surface area contributed by atoms with E-state index >= 15 is 0 Å². The van der Waals surface area contributed by atoms with Crippen molar-refractivity contribution in [3.05, 3.63) is 69.8 Å². The van der Waals surface area contributed by atoms with Gasteiger partial charge in [0.15, 0.2) is 0 Å². The zero-order valence-electron chi connectivity index (χ0n) is 19.0. The predicted octanol–water partition coefficient (Wildman–Crippen LogP) is 6.04. The largest absolute Gasteiger partial charge is 0.115 e. The Balaban J connectivity index is 1.72. The Hall–Kier alpha value is -3.32. The molecule has 0 heteroatoms. The van der Waals surface area contributed by atoms with Crippen LogP contribution in [0.15, 0.2) is 36.4 Å². The number of terminal acetylenes is 4. The Kier molecular flexibility index (Phi) is 4.40. The van der Waals surface area contributed by atoms with Crippen LogP contribution in [0.25, 0.3) is 0 Å². The normalized spacial score (nSPS) is 34.2. The van der Waals surface area contributed by atoms with Gasteiger partial charge in [-0.2, -0.15) is 0 Å². The fourth-order valence-corrected chi connectivity index (χ4v) is 7.84. The van der Waals surface area contributed by atoms with E-state index in [0.717, 1.165) is 28.7 Å². The Morgan fingerprint density at radius 1 is 0.656 bits per heavy atom. The molecule has 0 heterocycles. The summed E-state index contributed by atoms with van der Waals surface area (Å²) in [6, 6.07) is 12.7. The van der Waals surface area contributed by atoms with E-state index in [-0.39, 0.29) is 16.2 Å². The first-order chi connectivity index (χ1) is 15.3. The van der Waals surface area contributed by atoms with E-state index < -0.39 is 0 Å². The minimum Gasteiger partial charge on any atom is -0.115 e. The lowest BCUT2D eigenvalue weighted by Gasteiger charge is -2.69. The van der Waals surface area contributed by atoms with E-state index in [2.05, 4.69) is 61.8 Å². The van der Waals surface area contributed by atoms with Crippen LogP contribution in [0.5, 0.6) is 0 Å². The lowest BCUT2D eigenvalue weighted by atomic mass is 9.35. The summed E-state index contributed by atoms with van der Waals surface area (Å²) in [5.74, 6) is 12.6. The highest BCUT2D eigenvalue weighted by Gasteiger charge is 2.65. The number of hydrogen-bond donors (Lipinski definition) is 0. The standard InChI is InChI=1S/C32H28/c1-7-23-11-24(8-2)14-28(13-23)31-17-27-18-32(21-31,20-30(6,19-31)22(27)5)29-15-25(9-3)12-26(10-4)16-29/h1-4,11-16,22,27H,17-21H2,5-6H3. The molecule has 4 aliphatic rings. The van der Waals surface area contributed by atoms with E-state index in [1.165, 1.54) is 36.8 Å². The van der Waals surface area contributed by atoms with Gasteiger partial charge in [-0.1, -0.05) is 37.5 Å². The van der Waals surface area contributed by atoms with Crippen LogP contribution >= 0.6 is 0 Å². The molecular formula is C32H28. The summed E-state index contributed by atoms with van der Waals surface area (Å²) in [6.45, 7) is 4.95. The molecule has 2 aromatic carbocycles. The van der Waals surface area contributed by atoms with Gasteiger partial charge in [0.05, 0.1) is 0 Å². The zero-order chi connectivity index (χ0) is 22.7. The molecule has 3 unspecified atom stereocenters. The Morgan fingerprint density at radius 3 is 1.34 bits per heavy atom. The minimum absolute atomic E-state index is 0.0728. The van der Waals surface area contributed by atoms with Crippen LogP contribution in [-0.4, -0.2) is 0 Å². The monoisotopic (exact) mass is 412 g/mol. The molecular weight excluding hydrogens is 384 g/mol. The number of hydrogen-bond acceptors (Lipinski definition) is 0. The van der Waals surface area contributed by atoms with Crippen LogP contribution < -0.4 is 0 Å². The fraction of sp³-hybridized carbons (Fsp3) is 0.375. The Labute approximate surface area is 193 Å². The van der Waals surface area contributed by atoms with Crippen molar-refractivity contribution in [1.29, 1.82) is 0 Å². The van der Waals surface area contributed by atoms with Crippen molar-refractivity contribution in [3.63, 3.8) is 0 Å². The topological polar surface area (TPSA) is 0 Å². The summed E-state index contributed by atoms with van der Waals surface area (Å²) in [5, 5.41) is 0. The molecule has 0 N–H and O–H groups in total. The first-order valence-corrected chi connectivity index (χ1v) is 11.5. The van der Waals surface area contributed by atoms with Gasteiger partial charge in [0.25, 0.3) is 0 Å². The van der Waals surface area contributed by atoms with Crippen molar-refractivity contribution >= 4 is 0 Å². The Morgan fingerprint density at radius 2 is 1.03 bits per heavy atom. The second-order valence-corrected chi connectivity index (χ2v) is 10.9. The maximum Gasteiger partial charge on any atom is 0.0257 e. The minimum atomic E-state index is 0.0728. The van der Waals surface area contributed by atoms with Crippen LogP contribution in [0.1, 0.15) is 79.3 Å². The molecule has 4 aliphatic carbocycles. The first-order valence-electron chi connectivity index (χ1n) is 11.5. The summed E-state index contributed by atoms with van der Waals surface area (Å²) >= 11 is 0. The molecule has 6 rings (SSSR count). The van der Waals surface area contributed by atoms with Gasteiger partial charge in [-0.3, -0.25) is 0 Å². The number of benzene rings is 2. The van der Waals surface area contributed by atoms with Crippen LogP contribution in [0.3, 0.4) is 0 Å². The van der Waals surface area contributed by atoms with Crippen molar-refractivity contribution in [2.75, 3.05) is 0 Å². The van der Waals surface area contributed by atoms with E-state index in [4.69, 9.17) is 25.7 Å². The number of rotatable bonds is 2. The molecule has 3 atom stereocenters. The molecule has 0 aliphatic heterocycles.